The lowest BCUT2D eigenvalue weighted by molar-refractivity contribution is -0.122. The average Bonchev–Trinajstić information content (AvgIpc) is 3.38. The number of hydrogen-bond donors (Lipinski definition) is 2. The van der Waals surface area contributed by atoms with Crippen molar-refractivity contribution in [3.63, 3.8) is 0 Å². The van der Waals surface area contributed by atoms with Crippen LogP contribution in [0.25, 0.3) is 20.7 Å². The van der Waals surface area contributed by atoms with Gasteiger partial charge in [-0.25, -0.2) is 4.98 Å². The Morgan fingerprint density at radius 2 is 1.90 bits per heavy atom. The van der Waals surface area contributed by atoms with Gasteiger partial charge in [0.2, 0.25) is 0 Å². The van der Waals surface area contributed by atoms with Crippen LogP contribution in [0.5, 0.6) is 0 Å². The van der Waals surface area contributed by atoms with Crippen LogP contribution in [0.2, 0.25) is 5.02 Å². The number of amides is 2. The van der Waals surface area contributed by atoms with Crippen molar-refractivity contribution < 1.29 is 9.59 Å². The van der Waals surface area contributed by atoms with E-state index in [0.29, 0.717) is 20.8 Å². The molecule has 146 valence electrons. The van der Waals surface area contributed by atoms with Crippen LogP contribution in [0.3, 0.4) is 0 Å². The summed E-state index contributed by atoms with van der Waals surface area (Å²) in [6.07, 6.45) is 1.33. The summed E-state index contributed by atoms with van der Waals surface area (Å²) < 4.78 is 1.22. The van der Waals surface area contributed by atoms with E-state index in [1.54, 1.807) is 12.1 Å². The van der Waals surface area contributed by atoms with Crippen LogP contribution in [0.15, 0.2) is 58.3 Å². The third-order valence-electron chi connectivity index (χ3n) is 4.08. The molecule has 29 heavy (non-hydrogen) atoms. The van der Waals surface area contributed by atoms with E-state index in [0.717, 1.165) is 10.4 Å². The number of rotatable bonds is 4. The summed E-state index contributed by atoms with van der Waals surface area (Å²) in [4.78, 5) is 43.0. The van der Waals surface area contributed by atoms with Crippen molar-refractivity contribution in [3.8, 4) is 10.4 Å². The summed E-state index contributed by atoms with van der Waals surface area (Å²) in [6, 6.07) is 10.1. The van der Waals surface area contributed by atoms with Gasteiger partial charge in [0.25, 0.3) is 17.4 Å². The van der Waals surface area contributed by atoms with Gasteiger partial charge in [0, 0.05) is 26.4 Å². The van der Waals surface area contributed by atoms with Crippen molar-refractivity contribution in [1.29, 1.82) is 0 Å². The van der Waals surface area contributed by atoms with Crippen LogP contribution in [-0.2, 0) is 11.3 Å². The van der Waals surface area contributed by atoms with Crippen LogP contribution in [0.1, 0.15) is 10.4 Å². The summed E-state index contributed by atoms with van der Waals surface area (Å²) >= 11 is 8.70. The second-order valence-corrected chi connectivity index (χ2v) is 8.24. The van der Waals surface area contributed by atoms with Crippen molar-refractivity contribution in [1.82, 2.24) is 20.4 Å². The highest BCUT2D eigenvalue weighted by Gasteiger charge is 2.15. The molecule has 4 aromatic rings. The first-order chi connectivity index (χ1) is 14.0. The number of benzene rings is 1. The SMILES string of the molecule is O=C(Cn1cnc2scc(-c3cccs3)c2c1=O)NNC(=O)c1ccc(Cl)cc1. The van der Waals surface area contributed by atoms with Gasteiger partial charge in [-0.2, -0.15) is 0 Å². The highest BCUT2D eigenvalue weighted by atomic mass is 35.5. The fraction of sp³-hybridized carbons (Fsp3) is 0.0526. The van der Waals surface area contributed by atoms with Crippen molar-refractivity contribution in [2.75, 3.05) is 0 Å². The van der Waals surface area contributed by atoms with Gasteiger partial charge in [0.1, 0.15) is 11.4 Å². The quantitative estimate of drug-likeness (QED) is 0.472. The lowest BCUT2D eigenvalue weighted by Gasteiger charge is -2.09. The maximum atomic E-state index is 12.9. The molecule has 0 aliphatic rings. The Labute approximate surface area is 177 Å². The maximum absolute atomic E-state index is 12.9. The molecule has 10 heteroatoms. The number of carbonyl (C=O) groups excluding carboxylic acids is 2. The molecule has 1 aromatic carbocycles. The Bertz CT molecular complexity index is 1250. The normalized spacial score (nSPS) is 10.8. The molecule has 0 aliphatic heterocycles. The van der Waals surface area contributed by atoms with E-state index in [1.165, 1.54) is 45.7 Å². The summed E-state index contributed by atoms with van der Waals surface area (Å²) in [5, 5.41) is 4.81. The number of carbonyl (C=O) groups is 2. The minimum Gasteiger partial charge on any atom is -0.289 e. The van der Waals surface area contributed by atoms with Gasteiger partial charge in [0.05, 0.1) is 11.7 Å². The zero-order valence-corrected chi connectivity index (χ0v) is 17.1. The van der Waals surface area contributed by atoms with E-state index in [1.807, 2.05) is 22.9 Å². The smallest absolute Gasteiger partial charge is 0.269 e. The first-order valence-corrected chi connectivity index (χ1v) is 10.5. The van der Waals surface area contributed by atoms with Gasteiger partial charge in [-0.05, 0) is 35.7 Å². The third kappa shape index (κ3) is 4.07. The first-order valence-electron chi connectivity index (χ1n) is 8.38. The fourth-order valence-electron chi connectivity index (χ4n) is 2.69. The van der Waals surface area contributed by atoms with E-state index in [-0.39, 0.29) is 12.1 Å². The first kappa shape index (κ1) is 19.3. The van der Waals surface area contributed by atoms with Crippen LogP contribution >= 0.6 is 34.3 Å². The largest absolute Gasteiger partial charge is 0.289 e. The Balaban J connectivity index is 1.49. The topological polar surface area (TPSA) is 93.1 Å². The Morgan fingerprint density at radius 3 is 2.62 bits per heavy atom. The van der Waals surface area contributed by atoms with Crippen molar-refractivity contribution in [2.24, 2.45) is 0 Å². The van der Waals surface area contributed by atoms with E-state index in [2.05, 4.69) is 15.8 Å². The van der Waals surface area contributed by atoms with Crippen molar-refractivity contribution in [2.45, 2.75) is 6.54 Å². The molecule has 2 amide bonds. The summed E-state index contributed by atoms with van der Waals surface area (Å²) in [5.74, 6) is -1.04. The summed E-state index contributed by atoms with van der Waals surface area (Å²) in [6.45, 7) is -0.275. The fourth-order valence-corrected chi connectivity index (χ4v) is 4.53. The monoisotopic (exact) mass is 444 g/mol. The van der Waals surface area contributed by atoms with Gasteiger partial charge in [-0.3, -0.25) is 29.8 Å². The molecule has 0 spiro atoms. The van der Waals surface area contributed by atoms with Gasteiger partial charge in [0.15, 0.2) is 0 Å². The summed E-state index contributed by atoms with van der Waals surface area (Å²) in [7, 11) is 0. The predicted molar refractivity (Wildman–Crippen MR) is 114 cm³/mol. The van der Waals surface area contributed by atoms with Gasteiger partial charge < -0.3 is 0 Å². The van der Waals surface area contributed by atoms with Crippen LogP contribution in [0.4, 0.5) is 0 Å². The zero-order valence-electron chi connectivity index (χ0n) is 14.7. The van der Waals surface area contributed by atoms with E-state index < -0.39 is 11.8 Å². The standard InChI is InChI=1S/C19H13ClN4O3S2/c20-12-5-3-11(4-6-12)17(26)23-22-15(25)8-24-10-21-18-16(19(24)27)13(9-29-18)14-2-1-7-28-14/h1-7,9-10H,8H2,(H,22,25)(H,23,26). The Kier molecular flexibility index (Phi) is 5.43. The highest BCUT2D eigenvalue weighted by molar-refractivity contribution is 7.18. The molecule has 0 bridgehead atoms. The molecule has 7 nitrogen and oxygen atoms in total. The molecule has 0 saturated carbocycles. The minimum atomic E-state index is -0.552. The molecule has 0 fully saturated rings. The molecule has 0 aliphatic carbocycles. The number of hydrogen-bond acceptors (Lipinski definition) is 6. The zero-order chi connectivity index (χ0) is 20.4. The Hall–Kier alpha value is -3.01. The molecule has 0 atom stereocenters. The molecule has 2 N–H and O–H groups in total. The van der Waals surface area contributed by atoms with Gasteiger partial charge >= 0.3 is 0 Å². The van der Waals surface area contributed by atoms with Gasteiger partial charge in [-0.1, -0.05) is 17.7 Å². The summed E-state index contributed by atoms with van der Waals surface area (Å²) in [5.41, 5.74) is 5.45. The maximum Gasteiger partial charge on any atom is 0.269 e. The lowest BCUT2D eigenvalue weighted by Crippen LogP contribution is -2.44. The number of hydrazine groups is 1. The third-order valence-corrected chi connectivity index (χ3v) is 6.12. The molecule has 3 aromatic heterocycles. The van der Waals surface area contributed by atoms with E-state index in [9.17, 15) is 14.4 Å². The van der Waals surface area contributed by atoms with Crippen molar-refractivity contribution >= 4 is 56.3 Å². The second kappa shape index (κ2) is 8.16. The second-order valence-electron chi connectivity index (χ2n) is 5.99. The Morgan fingerprint density at radius 1 is 1.10 bits per heavy atom. The number of aromatic nitrogens is 2. The number of nitrogens with one attached hydrogen (secondary N) is 2. The van der Waals surface area contributed by atoms with Crippen LogP contribution in [0, 0.1) is 0 Å². The number of nitrogens with zero attached hydrogens (tertiary/aromatic N) is 2. The average molecular weight is 445 g/mol. The molecule has 0 saturated heterocycles. The highest BCUT2D eigenvalue weighted by Crippen LogP contribution is 2.33. The van der Waals surface area contributed by atoms with Crippen LogP contribution < -0.4 is 16.4 Å². The minimum absolute atomic E-state index is 0.275. The number of fused-ring (bicyclic) bond motifs is 1. The molecule has 0 unspecified atom stereocenters. The van der Waals surface area contributed by atoms with Crippen LogP contribution in [-0.4, -0.2) is 21.4 Å². The van der Waals surface area contributed by atoms with Gasteiger partial charge in [-0.15, -0.1) is 22.7 Å². The molecule has 4 rings (SSSR count). The van der Waals surface area contributed by atoms with E-state index >= 15 is 0 Å². The molecule has 3 heterocycles. The molecular weight excluding hydrogens is 432 g/mol. The lowest BCUT2D eigenvalue weighted by atomic mass is 10.2. The predicted octanol–water partition coefficient (Wildman–Crippen LogP) is 3.30. The number of thiophene rings is 2. The molecular formula is C19H13ClN4O3S2. The molecule has 0 radical (unpaired) electrons. The number of halogens is 1. The van der Waals surface area contributed by atoms with Crippen molar-refractivity contribution in [3.05, 3.63) is 74.4 Å². The van der Waals surface area contributed by atoms with E-state index in [4.69, 9.17) is 11.6 Å².